The molecule has 6 aliphatic rings. The van der Waals surface area contributed by atoms with E-state index >= 15 is 0 Å². The number of likely N-dealkylation sites (tertiary alicyclic amines) is 1. The Labute approximate surface area is 237 Å². The number of carbonyl (C=O) groups is 1. The molecule has 8 atom stereocenters. The Morgan fingerprint density at radius 2 is 1.46 bits per heavy atom. The van der Waals surface area contributed by atoms with Crippen LogP contribution in [0.5, 0.6) is 0 Å². The fourth-order valence-electron chi connectivity index (χ4n) is 10.6. The number of hydrogen-bond donors (Lipinski definition) is 4. The van der Waals surface area contributed by atoms with Crippen LogP contribution in [0.2, 0.25) is 0 Å². The predicted octanol–water partition coefficient (Wildman–Crippen LogP) is 5.58. The van der Waals surface area contributed by atoms with Gasteiger partial charge < -0.3 is 16.8 Å². The molecule has 0 aromatic rings. The molecule has 5 saturated carbocycles. The summed E-state index contributed by atoms with van der Waals surface area (Å²) in [5.41, 5.74) is 12.2. The summed E-state index contributed by atoms with van der Waals surface area (Å²) in [7, 11) is 0. The first-order chi connectivity index (χ1) is 19.0. The molecular weight excluding hydrogens is 482 g/mol. The van der Waals surface area contributed by atoms with Gasteiger partial charge in [0, 0.05) is 30.6 Å². The van der Waals surface area contributed by atoms with Crippen molar-refractivity contribution >= 4 is 11.7 Å². The first kappa shape index (κ1) is 28.0. The fourth-order valence-corrected chi connectivity index (χ4v) is 10.6. The second-order valence-electron chi connectivity index (χ2n) is 15.0. The smallest absolute Gasteiger partial charge is 0.237 e. The van der Waals surface area contributed by atoms with E-state index in [-0.39, 0.29) is 17.9 Å². The lowest BCUT2D eigenvalue weighted by molar-refractivity contribution is -0.127. The maximum atomic E-state index is 13.9. The molecule has 1 aliphatic heterocycles. The van der Waals surface area contributed by atoms with Crippen molar-refractivity contribution in [1.29, 1.82) is 5.41 Å². The number of amidine groups is 1. The number of carbonyl (C=O) groups excluding carboxylic acids is 1. The Morgan fingerprint density at radius 1 is 0.744 bits per heavy atom. The van der Waals surface area contributed by atoms with E-state index in [0.29, 0.717) is 29.9 Å². The van der Waals surface area contributed by atoms with Crippen LogP contribution < -0.4 is 16.8 Å². The largest absolute Gasteiger partial charge is 0.387 e. The van der Waals surface area contributed by atoms with Crippen LogP contribution in [0.4, 0.5) is 0 Å². The molecule has 8 unspecified atom stereocenters. The second-order valence-corrected chi connectivity index (χ2v) is 15.0. The van der Waals surface area contributed by atoms with Crippen LogP contribution in [0.25, 0.3) is 0 Å². The third-order valence-corrected chi connectivity index (χ3v) is 12.7. The number of hydrogen-bond acceptors (Lipinski definition) is 4. The molecule has 1 amide bonds. The van der Waals surface area contributed by atoms with Crippen molar-refractivity contribution in [2.24, 2.45) is 52.9 Å². The average Bonchev–Trinajstić information content (AvgIpc) is 3.32. The summed E-state index contributed by atoms with van der Waals surface area (Å²) in [4.78, 5) is 16.6. The molecule has 0 aromatic carbocycles. The topological polar surface area (TPSA) is 108 Å². The number of rotatable bonds is 6. The van der Waals surface area contributed by atoms with Crippen molar-refractivity contribution in [2.45, 2.75) is 146 Å². The van der Waals surface area contributed by atoms with Gasteiger partial charge in [-0.15, -0.1) is 0 Å². The summed E-state index contributed by atoms with van der Waals surface area (Å²) in [6.45, 7) is 1.10. The molecule has 0 aromatic heterocycles. The van der Waals surface area contributed by atoms with Crippen LogP contribution in [-0.4, -0.2) is 47.4 Å². The first-order valence-corrected chi connectivity index (χ1v) is 17.1. The van der Waals surface area contributed by atoms with Crippen molar-refractivity contribution in [3.63, 3.8) is 0 Å². The lowest BCUT2D eigenvalue weighted by Crippen LogP contribution is -2.53. The SMILES string of the molecule is N=C(N)C1CCC2CC(C(=O)NC3CCC(N)CC3)N(CC3CC(C4CCCCC4)CC4CCCCC43)C2C1. The molecular formula is C33H57N5O. The Morgan fingerprint density at radius 3 is 2.23 bits per heavy atom. The van der Waals surface area contributed by atoms with Crippen molar-refractivity contribution in [1.82, 2.24) is 10.2 Å². The van der Waals surface area contributed by atoms with E-state index in [9.17, 15) is 4.79 Å². The molecule has 0 spiro atoms. The molecule has 6 N–H and O–H groups in total. The van der Waals surface area contributed by atoms with Gasteiger partial charge in [-0.2, -0.15) is 0 Å². The van der Waals surface area contributed by atoms with E-state index < -0.39 is 0 Å². The Balaban J connectivity index is 1.21. The molecule has 39 heavy (non-hydrogen) atoms. The first-order valence-electron chi connectivity index (χ1n) is 17.1. The number of nitrogens with zero attached hydrogens (tertiary/aromatic N) is 1. The molecule has 6 heteroatoms. The number of amides is 1. The average molecular weight is 540 g/mol. The van der Waals surface area contributed by atoms with E-state index in [4.69, 9.17) is 16.9 Å². The highest BCUT2D eigenvalue weighted by Crippen LogP contribution is 2.51. The van der Waals surface area contributed by atoms with Gasteiger partial charge in [0.15, 0.2) is 0 Å². The summed E-state index contributed by atoms with van der Waals surface area (Å²) in [5, 5.41) is 11.7. The van der Waals surface area contributed by atoms with Gasteiger partial charge in [0.25, 0.3) is 0 Å². The highest BCUT2D eigenvalue weighted by Gasteiger charge is 2.50. The molecule has 6 fully saturated rings. The minimum absolute atomic E-state index is 0.00148. The number of nitrogens with one attached hydrogen (secondary N) is 2. The quantitative estimate of drug-likeness (QED) is 0.261. The zero-order valence-electron chi connectivity index (χ0n) is 24.5. The third kappa shape index (κ3) is 6.22. The van der Waals surface area contributed by atoms with Crippen LogP contribution in [-0.2, 0) is 4.79 Å². The summed E-state index contributed by atoms with van der Waals surface area (Å²) >= 11 is 0. The lowest BCUT2D eigenvalue weighted by atomic mass is 9.59. The zero-order chi connectivity index (χ0) is 26.9. The van der Waals surface area contributed by atoms with Gasteiger partial charge in [-0.3, -0.25) is 15.1 Å². The highest BCUT2D eigenvalue weighted by molar-refractivity contribution is 5.83. The monoisotopic (exact) mass is 539 g/mol. The Kier molecular flexibility index (Phi) is 8.89. The summed E-state index contributed by atoms with van der Waals surface area (Å²) in [5.74, 6) is 5.77. The van der Waals surface area contributed by atoms with E-state index in [0.717, 1.165) is 87.5 Å². The van der Waals surface area contributed by atoms with Crippen LogP contribution in [0.1, 0.15) is 122 Å². The van der Waals surface area contributed by atoms with E-state index in [2.05, 4.69) is 10.2 Å². The molecule has 0 radical (unpaired) electrons. The maximum Gasteiger partial charge on any atom is 0.237 e. The van der Waals surface area contributed by atoms with Crippen molar-refractivity contribution in [3.8, 4) is 0 Å². The second kappa shape index (κ2) is 12.4. The molecule has 220 valence electrons. The molecule has 1 saturated heterocycles. The van der Waals surface area contributed by atoms with E-state index in [1.807, 2.05) is 0 Å². The fraction of sp³-hybridized carbons (Fsp3) is 0.939. The summed E-state index contributed by atoms with van der Waals surface area (Å²) in [6, 6.07) is 1.01. The van der Waals surface area contributed by atoms with Gasteiger partial charge in [0.2, 0.25) is 5.91 Å². The van der Waals surface area contributed by atoms with Crippen LogP contribution in [0, 0.1) is 46.8 Å². The molecule has 6 nitrogen and oxygen atoms in total. The number of fused-ring (bicyclic) bond motifs is 2. The van der Waals surface area contributed by atoms with Gasteiger partial charge in [-0.1, -0.05) is 51.4 Å². The minimum atomic E-state index is -0.00148. The van der Waals surface area contributed by atoms with Gasteiger partial charge >= 0.3 is 0 Å². The Bertz CT molecular complexity index is 849. The molecule has 6 rings (SSSR count). The van der Waals surface area contributed by atoms with Crippen LogP contribution in [0.15, 0.2) is 0 Å². The van der Waals surface area contributed by atoms with E-state index in [1.165, 1.54) is 70.6 Å². The van der Waals surface area contributed by atoms with Crippen LogP contribution in [0.3, 0.4) is 0 Å². The standard InChI is InChI=1S/C33H57N5O/c34-27-12-14-28(15-13-27)37-33(39)31-18-23-10-11-24(32(35)36)19-30(23)38(31)20-26-17-25(21-6-2-1-3-7-21)16-22-8-4-5-9-29(22)26/h21-31H,1-20,34H2,(H3,35,36)(H,37,39). The third-order valence-electron chi connectivity index (χ3n) is 12.7. The van der Waals surface area contributed by atoms with Gasteiger partial charge in [0.05, 0.1) is 11.9 Å². The maximum absolute atomic E-state index is 13.9. The summed E-state index contributed by atoms with van der Waals surface area (Å²) < 4.78 is 0. The van der Waals surface area contributed by atoms with Gasteiger partial charge in [0.1, 0.15) is 0 Å². The summed E-state index contributed by atoms with van der Waals surface area (Å²) in [6.07, 6.45) is 24.0. The number of nitrogens with two attached hydrogens (primary N) is 2. The van der Waals surface area contributed by atoms with Gasteiger partial charge in [-0.05, 0) is 106 Å². The zero-order valence-corrected chi connectivity index (χ0v) is 24.5. The van der Waals surface area contributed by atoms with Crippen molar-refractivity contribution in [2.75, 3.05) is 6.54 Å². The predicted molar refractivity (Wildman–Crippen MR) is 158 cm³/mol. The Hall–Kier alpha value is -1.14. The van der Waals surface area contributed by atoms with Crippen molar-refractivity contribution < 1.29 is 4.79 Å². The molecule has 5 aliphatic carbocycles. The molecule has 0 bridgehead atoms. The minimum Gasteiger partial charge on any atom is -0.387 e. The van der Waals surface area contributed by atoms with E-state index in [1.54, 1.807) is 0 Å². The highest BCUT2D eigenvalue weighted by atomic mass is 16.2. The van der Waals surface area contributed by atoms with Crippen molar-refractivity contribution in [3.05, 3.63) is 0 Å². The lowest BCUT2D eigenvalue weighted by Gasteiger charge is -2.49. The van der Waals surface area contributed by atoms with Crippen LogP contribution >= 0.6 is 0 Å². The normalized spacial score (nSPS) is 43.8. The van der Waals surface area contributed by atoms with Gasteiger partial charge in [-0.25, -0.2) is 0 Å². The molecule has 1 heterocycles.